The molecule has 1 amide bonds. The van der Waals surface area contributed by atoms with Crippen LogP contribution in [0.2, 0.25) is 0 Å². The Morgan fingerprint density at radius 1 is 0.557 bits per heavy atom. The SMILES string of the molecule is C/C=C/CC/C=C/CC/C=C/C(O)C(COC1OC(CO)C(O)C(O)C1O)NC(=O)CCCCCCC/C=C\CCCCCCCCCCCOC(=O)CCCCCCC/C=C\C/C=C\CCCCC. The molecule has 1 aliphatic rings. The number of esters is 1. The van der Waals surface area contributed by atoms with Gasteiger partial charge in [0.2, 0.25) is 5.91 Å². The molecular weight excluding hydrogens is 883 g/mol. The lowest BCUT2D eigenvalue weighted by atomic mass is 9.99. The number of ether oxygens (including phenoxy) is 3. The third kappa shape index (κ3) is 37.8. The molecule has 0 saturated carbocycles. The average molecular weight is 986 g/mol. The molecule has 0 aromatic carbocycles. The van der Waals surface area contributed by atoms with Gasteiger partial charge in [-0.05, 0) is 110 Å². The van der Waals surface area contributed by atoms with Gasteiger partial charge in [-0.25, -0.2) is 0 Å². The van der Waals surface area contributed by atoms with Crippen LogP contribution in [0.15, 0.2) is 72.9 Å². The number of hydrogen-bond acceptors (Lipinski definition) is 10. The normalized spacial score (nSPS) is 19.8. The van der Waals surface area contributed by atoms with Crippen LogP contribution in [-0.2, 0) is 23.8 Å². The quantitative estimate of drug-likeness (QED) is 0.0196. The van der Waals surface area contributed by atoms with E-state index < -0.39 is 49.5 Å². The summed E-state index contributed by atoms with van der Waals surface area (Å²) in [5.74, 6) is -0.246. The first-order chi connectivity index (χ1) is 34.2. The Kier molecular flexibility index (Phi) is 45.0. The molecule has 1 aliphatic heterocycles. The van der Waals surface area contributed by atoms with Gasteiger partial charge < -0.3 is 45.1 Å². The summed E-state index contributed by atoms with van der Waals surface area (Å²) in [6, 6.07) is -0.845. The predicted molar refractivity (Wildman–Crippen MR) is 287 cm³/mol. The van der Waals surface area contributed by atoms with Crippen molar-refractivity contribution in [3.63, 3.8) is 0 Å². The summed E-state index contributed by atoms with van der Waals surface area (Å²) in [4.78, 5) is 25.0. The number of carbonyl (C=O) groups is 2. The number of unbranched alkanes of at least 4 members (excludes halogenated alkanes) is 24. The molecule has 7 atom stereocenters. The fourth-order valence-electron chi connectivity index (χ4n) is 8.32. The first-order valence-electron chi connectivity index (χ1n) is 28.2. The molecule has 0 spiro atoms. The molecule has 404 valence electrons. The number of carbonyl (C=O) groups excluding carboxylic acids is 2. The summed E-state index contributed by atoms with van der Waals surface area (Å²) >= 11 is 0. The Balaban J connectivity index is 2.07. The van der Waals surface area contributed by atoms with Gasteiger partial charge in [-0.2, -0.15) is 0 Å². The summed E-state index contributed by atoms with van der Waals surface area (Å²) in [6.45, 7) is 4.01. The third-order valence-electron chi connectivity index (χ3n) is 12.8. The largest absolute Gasteiger partial charge is 0.466 e. The van der Waals surface area contributed by atoms with Crippen molar-refractivity contribution in [2.24, 2.45) is 0 Å². The highest BCUT2D eigenvalue weighted by atomic mass is 16.7. The molecule has 11 heteroatoms. The second-order valence-corrected chi connectivity index (χ2v) is 19.3. The fourth-order valence-corrected chi connectivity index (χ4v) is 8.32. The molecule has 0 radical (unpaired) electrons. The minimum atomic E-state index is -1.59. The first kappa shape index (κ1) is 65.1. The van der Waals surface area contributed by atoms with Crippen molar-refractivity contribution < 1.29 is 49.3 Å². The lowest BCUT2D eigenvalue weighted by Gasteiger charge is -2.40. The van der Waals surface area contributed by atoms with Crippen LogP contribution in [0.5, 0.6) is 0 Å². The van der Waals surface area contributed by atoms with Gasteiger partial charge in [0.05, 0.1) is 32.0 Å². The summed E-state index contributed by atoms with van der Waals surface area (Å²) in [7, 11) is 0. The minimum absolute atomic E-state index is 0.0294. The van der Waals surface area contributed by atoms with E-state index in [1.807, 2.05) is 19.1 Å². The molecule has 0 aliphatic carbocycles. The topological polar surface area (TPSA) is 175 Å². The van der Waals surface area contributed by atoms with Gasteiger partial charge in [0, 0.05) is 12.8 Å². The molecular formula is C59H103NO10. The Morgan fingerprint density at radius 2 is 1.03 bits per heavy atom. The van der Waals surface area contributed by atoms with Crippen LogP contribution in [-0.4, -0.2) is 100 Å². The predicted octanol–water partition coefficient (Wildman–Crippen LogP) is 12.4. The lowest BCUT2D eigenvalue weighted by molar-refractivity contribution is -0.302. The maximum absolute atomic E-state index is 13.0. The smallest absolute Gasteiger partial charge is 0.305 e. The van der Waals surface area contributed by atoms with Crippen molar-refractivity contribution in [2.45, 2.75) is 269 Å². The van der Waals surface area contributed by atoms with Gasteiger partial charge in [-0.15, -0.1) is 0 Å². The van der Waals surface area contributed by atoms with Crippen LogP contribution < -0.4 is 5.32 Å². The highest BCUT2D eigenvalue weighted by Crippen LogP contribution is 2.23. The van der Waals surface area contributed by atoms with Crippen LogP contribution in [0.4, 0.5) is 0 Å². The maximum Gasteiger partial charge on any atom is 0.305 e. The van der Waals surface area contributed by atoms with E-state index in [-0.39, 0.29) is 18.5 Å². The summed E-state index contributed by atoms with van der Waals surface area (Å²) in [6.07, 6.45) is 53.0. The highest BCUT2D eigenvalue weighted by molar-refractivity contribution is 5.76. The maximum atomic E-state index is 13.0. The Labute approximate surface area is 426 Å². The van der Waals surface area contributed by atoms with Gasteiger partial charge in [0.25, 0.3) is 0 Å². The Morgan fingerprint density at radius 3 is 1.59 bits per heavy atom. The summed E-state index contributed by atoms with van der Waals surface area (Å²) in [5.41, 5.74) is 0. The van der Waals surface area contributed by atoms with Gasteiger partial charge in [0.15, 0.2) is 6.29 Å². The number of amides is 1. The van der Waals surface area contributed by atoms with Crippen LogP contribution in [0.1, 0.15) is 226 Å². The van der Waals surface area contributed by atoms with Crippen LogP contribution in [0.3, 0.4) is 0 Å². The second-order valence-electron chi connectivity index (χ2n) is 19.3. The Bertz CT molecular complexity index is 1390. The van der Waals surface area contributed by atoms with Gasteiger partial charge >= 0.3 is 5.97 Å². The van der Waals surface area contributed by atoms with Crippen LogP contribution in [0, 0.1) is 0 Å². The average Bonchev–Trinajstić information content (AvgIpc) is 3.36. The van der Waals surface area contributed by atoms with E-state index in [1.54, 1.807) is 6.08 Å². The second kappa shape index (κ2) is 48.4. The van der Waals surface area contributed by atoms with E-state index in [9.17, 15) is 35.1 Å². The number of hydrogen-bond donors (Lipinski definition) is 6. The van der Waals surface area contributed by atoms with E-state index in [2.05, 4.69) is 66.9 Å². The zero-order valence-electron chi connectivity index (χ0n) is 44.2. The number of aliphatic hydroxyl groups excluding tert-OH is 5. The van der Waals surface area contributed by atoms with Gasteiger partial charge in [0.1, 0.15) is 24.4 Å². The number of allylic oxidation sites excluding steroid dienone is 11. The zero-order chi connectivity index (χ0) is 51.0. The van der Waals surface area contributed by atoms with Crippen LogP contribution in [0.25, 0.3) is 0 Å². The van der Waals surface area contributed by atoms with Crippen LogP contribution >= 0.6 is 0 Å². The van der Waals surface area contributed by atoms with E-state index in [0.717, 1.165) is 103 Å². The van der Waals surface area contributed by atoms with E-state index in [0.29, 0.717) is 25.9 Å². The highest BCUT2D eigenvalue weighted by Gasteiger charge is 2.44. The minimum Gasteiger partial charge on any atom is -0.466 e. The summed E-state index contributed by atoms with van der Waals surface area (Å²) in [5, 5.41) is 54.1. The fraction of sp³-hybridized carbons (Fsp3) is 0.763. The standard InChI is InChI=1S/C59H103NO10/c1-3-5-7-9-11-13-14-15-20-24-27-31-35-39-43-47-55(64)68-48-44-40-36-32-28-25-22-19-17-16-18-21-23-26-30-34-38-42-46-54(63)60-51(52(62)45-41-37-33-29-12-10-8-6-4-2)50-69-59-58(67)57(66)56(65)53(49-61)70-59/h4,6,11-13,15,18,20-21,29,41,45,51-53,56-59,61-62,65-67H,3,5,7-10,14,16-17,19,22-28,30-40,42-44,46-50H2,1-2H3,(H,60,63)/b6-4+,13-11-,20-15-,21-18-,29-12+,45-41+. The van der Waals surface area contributed by atoms with Crippen molar-refractivity contribution in [3.05, 3.63) is 72.9 Å². The van der Waals surface area contributed by atoms with Crippen molar-refractivity contribution in [2.75, 3.05) is 19.8 Å². The molecule has 0 aromatic rings. The van der Waals surface area contributed by atoms with Crippen molar-refractivity contribution >= 4 is 11.9 Å². The number of nitrogens with one attached hydrogen (secondary N) is 1. The third-order valence-corrected chi connectivity index (χ3v) is 12.8. The molecule has 7 unspecified atom stereocenters. The molecule has 1 fully saturated rings. The van der Waals surface area contributed by atoms with Crippen molar-refractivity contribution in [1.29, 1.82) is 0 Å². The summed E-state index contributed by atoms with van der Waals surface area (Å²) < 4.78 is 16.6. The molecule has 1 saturated heterocycles. The molecule has 70 heavy (non-hydrogen) atoms. The van der Waals surface area contributed by atoms with E-state index >= 15 is 0 Å². The van der Waals surface area contributed by atoms with Crippen molar-refractivity contribution in [1.82, 2.24) is 5.32 Å². The Hall–Kier alpha value is -2.90. The first-order valence-corrected chi connectivity index (χ1v) is 28.2. The molecule has 0 bridgehead atoms. The van der Waals surface area contributed by atoms with Gasteiger partial charge in [-0.3, -0.25) is 9.59 Å². The van der Waals surface area contributed by atoms with E-state index in [1.165, 1.54) is 89.9 Å². The van der Waals surface area contributed by atoms with Gasteiger partial charge in [-0.1, -0.05) is 176 Å². The molecule has 6 N–H and O–H groups in total. The monoisotopic (exact) mass is 986 g/mol. The number of aliphatic hydroxyl groups is 5. The molecule has 0 aromatic heterocycles. The van der Waals surface area contributed by atoms with E-state index in [4.69, 9.17) is 14.2 Å². The zero-order valence-corrected chi connectivity index (χ0v) is 44.2. The molecule has 11 nitrogen and oxygen atoms in total. The number of rotatable bonds is 47. The molecule has 1 heterocycles. The van der Waals surface area contributed by atoms with Crippen molar-refractivity contribution in [3.8, 4) is 0 Å². The molecule has 1 rings (SSSR count). The lowest BCUT2D eigenvalue weighted by Crippen LogP contribution is -2.60.